The highest BCUT2D eigenvalue weighted by Gasteiger charge is 2.18. The highest BCUT2D eigenvalue weighted by Crippen LogP contribution is 2.24. The van der Waals surface area contributed by atoms with Crippen LogP contribution >= 0.6 is 0 Å². The van der Waals surface area contributed by atoms with Gasteiger partial charge in [-0.05, 0) is 30.5 Å². The molecule has 2 atom stereocenters. The molecule has 0 radical (unpaired) electrons. The van der Waals surface area contributed by atoms with Gasteiger partial charge in [0.05, 0.1) is 12.1 Å². The smallest absolute Gasteiger partial charge is 0.252 e. The molecule has 0 unspecified atom stereocenters. The van der Waals surface area contributed by atoms with Gasteiger partial charge in [-0.2, -0.15) is 0 Å². The molecule has 0 aliphatic heterocycles. The standard InChI is InChI=1S/C23H31NO2/c1-3-4-5-6-10-17-22(25)20-15-11-12-16-21(20)23(26)24-18(2)19-13-8-7-9-14-19/h7-9,11-16,18,22,25H,3-6,10,17H2,1-2H3,(H,24,26)/t18-,22+/m0/s1. The second-order valence-electron chi connectivity index (χ2n) is 6.91. The van der Waals surface area contributed by atoms with Crippen LogP contribution in [-0.2, 0) is 0 Å². The minimum Gasteiger partial charge on any atom is -0.388 e. The first kappa shape index (κ1) is 20.2. The Morgan fingerprint density at radius 3 is 2.35 bits per heavy atom. The van der Waals surface area contributed by atoms with Crippen molar-refractivity contribution in [3.63, 3.8) is 0 Å². The molecular formula is C23H31NO2. The minimum absolute atomic E-state index is 0.0806. The molecular weight excluding hydrogens is 322 g/mol. The molecule has 3 heteroatoms. The molecule has 0 fully saturated rings. The number of aliphatic hydroxyl groups excluding tert-OH is 1. The molecule has 0 spiro atoms. The lowest BCUT2D eigenvalue weighted by atomic mass is 9.97. The Hall–Kier alpha value is -2.13. The Labute approximate surface area is 157 Å². The predicted molar refractivity (Wildman–Crippen MR) is 107 cm³/mol. The van der Waals surface area contributed by atoms with Crippen molar-refractivity contribution in [2.24, 2.45) is 0 Å². The Kier molecular flexibility index (Phi) is 8.36. The van der Waals surface area contributed by atoms with Crippen LogP contribution in [0, 0.1) is 0 Å². The van der Waals surface area contributed by atoms with Crippen LogP contribution in [-0.4, -0.2) is 11.0 Å². The molecule has 0 aliphatic rings. The van der Waals surface area contributed by atoms with E-state index in [4.69, 9.17) is 0 Å². The van der Waals surface area contributed by atoms with Crippen molar-refractivity contribution >= 4 is 5.91 Å². The van der Waals surface area contributed by atoms with Crippen LogP contribution in [0.3, 0.4) is 0 Å². The van der Waals surface area contributed by atoms with Crippen molar-refractivity contribution in [3.05, 3.63) is 71.3 Å². The molecule has 1 amide bonds. The third kappa shape index (κ3) is 5.99. The second kappa shape index (κ2) is 10.8. The summed E-state index contributed by atoms with van der Waals surface area (Å²) in [5.41, 5.74) is 2.35. The monoisotopic (exact) mass is 353 g/mol. The molecule has 26 heavy (non-hydrogen) atoms. The molecule has 2 aromatic rings. The fourth-order valence-electron chi connectivity index (χ4n) is 3.19. The quantitative estimate of drug-likeness (QED) is 0.548. The summed E-state index contributed by atoms with van der Waals surface area (Å²) in [4.78, 5) is 12.7. The Morgan fingerprint density at radius 2 is 1.62 bits per heavy atom. The van der Waals surface area contributed by atoms with Gasteiger partial charge >= 0.3 is 0 Å². The maximum atomic E-state index is 12.7. The van der Waals surface area contributed by atoms with E-state index in [1.807, 2.05) is 55.5 Å². The van der Waals surface area contributed by atoms with Gasteiger partial charge in [-0.25, -0.2) is 0 Å². The van der Waals surface area contributed by atoms with Crippen molar-refractivity contribution in [1.82, 2.24) is 5.32 Å². The molecule has 2 N–H and O–H groups in total. The lowest BCUT2D eigenvalue weighted by molar-refractivity contribution is 0.0930. The maximum Gasteiger partial charge on any atom is 0.252 e. The molecule has 0 saturated heterocycles. The van der Waals surface area contributed by atoms with Gasteiger partial charge in [0.25, 0.3) is 5.91 Å². The molecule has 0 saturated carbocycles. The molecule has 0 heterocycles. The van der Waals surface area contributed by atoms with Crippen molar-refractivity contribution in [2.75, 3.05) is 0 Å². The normalized spacial score (nSPS) is 13.2. The van der Waals surface area contributed by atoms with Gasteiger partial charge in [-0.15, -0.1) is 0 Å². The average molecular weight is 354 g/mol. The number of aliphatic hydroxyl groups is 1. The molecule has 2 rings (SSSR count). The number of carbonyl (C=O) groups excluding carboxylic acids is 1. The molecule has 0 aliphatic carbocycles. The van der Waals surface area contributed by atoms with Gasteiger partial charge in [-0.3, -0.25) is 4.79 Å². The summed E-state index contributed by atoms with van der Waals surface area (Å²) in [5, 5.41) is 13.6. The SMILES string of the molecule is CCCCCCC[C@@H](O)c1ccccc1C(=O)N[C@@H](C)c1ccccc1. The van der Waals surface area contributed by atoms with Crippen LogP contribution in [0.1, 0.15) is 86.0 Å². The molecule has 140 valence electrons. The van der Waals surface area contributed by atoms with E-state index in [-0.39, 0.29) is 11.9 Å². The molecule has 3 nitrogen and oxygen atoms in total. The van der Waals surface area contributed by atoms with Crippen LogP contribution < -0.4 is 5.32 Å². The van der Waals surface area contributed by atoms with Crippen molar-refractivity contribution in [3.8, 4) is 0 Å². The lowest BCUT2D eigenvalue weighted by Gasteiger charge is -2.18. The third-order valence-electron chi connectivity index (χ3n) is 4.79. The van der Waals surface area contributed by atoms with Gasteiger partial charge in [0.2, 0.25) is 0 Å². The van der Waals surface area contributed by atoms with Gasteiger partial charge < -0.3 is 10.4 Å². The van der Waals surface area contributed by atoms with Crippen LogP contribution in [0.4, 0.5) is 0 Å². The topological polar surface area (TPSA) is 49.3 Å². The van der Waals surface area contributed by atoms with Gasteiger partial charge in [0, 0.05) is 5.56 Å². The first-order chi connectivity index (χ1) is 12.6. The van der Waals surface area contributed by atoms with E-state index < -0.39 is 6.10 Å². The number of rotatable bonds is 10. The van der Waals surface area contributed by atoms with Gasteiger partial charge in [0.1, 0.15) is 0 Å². The summed E-state index contributed by atoms with van der Waals surface area (Å²) in [7, 11) is 0. The number of nitrogens with one attached hydrogen (secondary N) is 1. The average Bonchev–Trinajstić information content (AvgIpc) is 2.68. The van der Waals surface area contributed by atoms with Crippen molar-refractivity contribution < 1.29 is 9.90 Å². The minimum atomic E-state index is -0.592. The van der Waals surface area contributed by atoms with E-state index in [9.17, 15) is 9.90 Å². The number of carbonyl (C=O) groups is 1. The zero-order valence-electron chi connectivity index (χ0n) is 15.9. The zero-order chi connectivity index (χ0) is 18.8. The van der Waals surface area contributed by atoms with E-state index in [0.717, 1.165) is 24.0 Å². The van der Waals surface area contributed by atoms with E-state index in [1.165, 1.54) is 19.3 Å². The summed E-state index contributed by atoms with van der Waals surface area (Å²) >= 11 is 0. The molecule has 0 aromatic heterocycles. The first-order valence-corrected chi connectivity index (χ1v) is 9.76. The number of hydrogen-bond acceptors (Lipinski definition) is 2. The lowest BCUT2D eigenvalue weighted by Crippen LogP contribution is -2.28. The maximum absolute atomic E-state index is 12.7. The fourth-order valence-corrected chi connectivity index (χ4v) is 3.19. The zero-order valence-corrected chi connectivity index (χ0v) is 15.9. The summed E-state index contributed by atoms with van der Waals surface area (Å²) in [5.74, 6) is -0.137. The molecule has 2 aromatic carbocycles. The summed E-state index contributed by atoms with van der Waals surface area (Å²) in [6.07, 6.45) is 5.88. The van der Waals surface area contributed by atoms with E-state index in [0.29, 0.717) is 12.0 Å². The second-order valence-corrected chi connectivity index (χ2v) is 6.91. The van der Waals surface area contributed by atoms with E-state index >= 15 is 0 Å². The highest BCUT2D eigenvalue weighted by molar-refractivity contribution is 5.96. The van der Waals surface area contributed by atoms with Gasteiger partial charge in [0.15, 0.2) is 0 Å². The summed E-state index contributed by atoms with van der Waals surface area (Å²) < 4.78 is 0. The third-order valence-corrected chi connectivity index (χ3v) is 4.79. The van der Waals surface area contributed by atoms with E-state index in [2.05, 4.69) is 12.2 Å². The Balaban J connectivity index is 1.99. The van der Waals surface area contributed by atoms with Crippen LogP contribution in [0.15, 0.2) is 54.6 Å². The highest BCUT2D eigenvalue weighted by atomic mass is 16.3. The number of amides is 1. The van der Waals surface area contributed by atoms with Crippen LogP contribution in [0.2, 0.25) is 0 Å². The number of benzene rings is 2. The summed E-state index contributed by atoms with van der Waals surface area (Å²) in [6, 6.07) is 17.2. The molecule has 0 bridgehead atoms. The van der Waals surface area contributed by atoms with Crippen LogP contribution in [0.5, 0.6) is 0 Å². The predicted octanol–water partition coefficient (Wildman–Crippen LogP) is 5.57. The Morgan fingerprint density at radius 1 is 0.962 bits per heavy atom. The van der Waals surface area contributed by atoms with Crippen LogP contribution in [0.25, 0.3) is 0 Å². The van der Waals surface area contributed by atoms with E-state index in [1.54, 1.807) is 6.07 Å². The largest absolute Gasteiger partial charge is 0.388 e. The first-order valence-electron chi connectivity index (χ1n) is 9.76. The van der Waals surface area contributed by atoms with Crippen molar-refractivity contribution in [1.29, 1.82) is 0 Å². The summed E-state index contributed by atoms with van der Waals surface area (Å²) in [6.45, 7) is 4.17. The number of hydrogen-bond donors (Lipinski definition) is 2. The fraction of sp³-hybridized carbons (Fsp3) is 0.435. The Bertz CT molecular complexity index is 669. The van der Waals surface area contributed by atoms with Crippen molar-refractivity contribution in [2.45, 2.75) is 64.5 Å². The van der Waals surface area contributed by atoms with Gasteiger partial charge in [-0.1, -0.05) is 87.6 Å². The number of unbranched alkanes of at least 4 members (excludes halogenated alkanes) is 4.